The van der Waals surface area contributed by atoms with Crippen LogP contribution < -0.4 is 15.4 Å². The van der Waals surface area contributed by atoms with Crippen LogP contribution in [0, 0.1) is 0 Å². The molecule has 0 saturated heterocycles. The summed E-state index contributed by atoms with van der Waals surface area (Å²) in [5.74, 6) is 1.43. The Kier molecular flexibility index (Phi) is 14.7. The van der Waals surface area contributed by atoms with E-state index in [9.17, 15) is 9.59 Å². The largest absolute Gasteiger partial charge is 0.493 e. The number of hydrogen-bond acceptors (Lipinski definition) is 5. The van der Waals surface area contributed by atoms with Crippen molar-refractivity contribution in [3.8, 4) is 5.75 Å². The summed E-state index contributed by atoms with van der Waals surface area (Å²) in [6.45, 7) is 7.29. The summed E-state index contributed by atoms with van der Waals surface area (Å²) < 4.78 is 5.96. The van der Waals surface area contributed by atoms with Gasteiger partial charge in [-0.05, 0) is 61.1 Å². The highest BCUT2D eigenvalue weighted by atomic mass is 32.2. The molecular formula is C34H49N3O3S. The fourth-order valence-electron chi connectivity index (χ4n) is 5.02. The van der Waals surface area contributed by atoms with Gasteiger partial charge >= 0.3 is 6.03 Å². The van der Waals surface area contributed by atoms with Crippen molar-refractivity contribution in [1.29, 1.82) is 0 Å². The lowest BCUT2D eigenvalue weighted by molar-refractivity contribution is 0.101. The third kappa shape index (κ3) is 12.6. The summed E-state index contributed by atoms with van der Waals surface area (Å²) in [6.07, 6.45) is 17.7. The molecule has 1 aliphatic rings. The predicted octanol–water partition coefficient (Wildman–Crippen LogP) is 9.98. The summed E-state index contributed by atoms with van der Waals surface area (Å²) in [4.78, 5) is 28.6. The van der Waals surface area contributed by atoms with Crippen molar-refractivity contribution >= 4 is 35.0 Å². The van der Waals surface area contributed by atoms with Gasteiger partial charge in [0.15, 0.2) is 5.78 Å². The molecule has 2 amide bonds. The van der Waals surface area contributed by atoms with Crippen LogP contribution in [0.1, 0.15) is 114 Å². The second-order valence-corrected chi connectivity index (χ2v) is 12.2. The van der Waals surface area contributed by atoms with E-state index in [2.05, 4.69) is 41.6 Å². The number of amides is 2. The number of benzene rings is 2. The molecule has 0 spiro atoms. The van der Waals surface area contributed by atoms with Crippen LogP contribution in [0.25, 0.3) is 0 Å². The summed E-state index contributed by atoms with van der Waals surface area (Å²) in [6, 6.07) is 12.8. The number of nitrogens with zero attached hydrogens (tertiary/aromatic N) is 1. The quantitative estimate of drug-likeness (QED) is 0.128. The summed E-state index contributed by atoms with van der Waals surface area (Å²) in [7, 11) is 0. The fraction of sp³-hybridized carbons (Fsp3) is 0.529. The number of carbonyl (C=O) groups is 2. The second-order valence-electron chi connectivity index (χ2n) is 11.0. The Morgan fingerprint density at radius 1 is 0.854 bits per heavy atom. The van der Waals surface area contributed by atoms with Gasteiger partial charge < -0.3 is 20.3 Å². The number of allylic oxidation sites excluding steroid dienone is 1. The van der Waals surface area contributed by atoms with Crippen LogP contribution in [0.15, 0.2) is 53.6 Å². The molecule has 7 heteroatoms. The predicted molar refractivity (Wildman–Crippen MR) is 174 cm³/mol. The Hall–Kier alpha value is -2.93. The van der Waals surface area contributed by atoms with Crippen molar-refractivity contribution in [3.63, 3.8) is 0 Å². The molecule has 2 N–H and O–H groups in total. The topological polar surface area (TPSA) is 70.7 Å². The molecule has 0 aromatic heterocycles. The zero-order chi connectivity index (χ0) is 29.3. The minimum atomic E-state index is -0.353. The highest BCUT2D eigenvalue weighted by molar-refractivity contribution is 8.03. The first kappa shape index (κ1) is 32.6. The number of rotatable bonds is 19. The molecule has 2 aromatic rings. The molecule has 2 aromatic carbocycles. The van der Waals surface area contributed by atoms with Gasteiger partial charge in [0.05, 0.1) is 18.0 Å². The van der Waals surface area contributed by atoms with Gasteiger partial charge in [0.25, 0.3) is 0 Å². The van der Waals surface area contributed by atoms with Gasteiger partial charge in [0, 0.05) is 24.1 Å². The Labute approximate surface area is 251 Å². The number of carbonyl (C=O) groups excluding carboxylic acids is 2. The molecule has 6 nitrogen and oxygen atoms in total. The molecule has 224 valence electrons. The van der Waals surface area contributed by atoms with E-state index in [1.807, 2.05) is 30.0 Å². The maximum absolute atomic E-state index is 12.7. The standard InChI is InChI=1S/C34H49N3O3S/c1-4-5-6-7-8-9-10-11-12-13-14-15-21-40-33-20-19-31(23-32(33)28(3)38)36-34(39)35-30-18-16-17-29(22-30)25-37-24-27(2)41-26-37/h16-20,22-24H,4-15,21,25-26H2,1-3H3,(H2,35,36,39). The van der Waals surface area contributed by atoms with E-state index < -0.39 is 0 Å². The fourth-order valence-corrected chi connectivity index (χ4v) is 5.78. The third-order valence-electron chi connectivity index (χ3n) is 7.27. The lowest BCUT2D eigenvalue weighted by atomic mass is 10.1. The SMILES string of the molecule is CCCCCCCCCCCCCCOc1ccc(NC(=O)Nc2cccc(CN3C=C(C)SC3)c2)cc1C(C)=O. The van der Waals surface area contributed by atoms with Crippen LogP contribution in [0.2, 0.25) is 0 Å². The molecule has 0 fully saturated rings. The maximum Gasteiger partial charge on any atom is 0.323 e. The molecule has 0 bridgehead atoms. The van der Waals surface area contributed by atoms with E-state index in [0.717, 1.165) is 36.5 Å². The van der Waals surface area contributed by atoms with Gasteiger partial charge in [-0.3, -0.25) is 4.79 Å². The zero-order valence-electron chi connectivity index (χ0n) is 25.3. The average molecular weight is 580 g/mol. The molecule has 1 aliphatic heterocycles. The van der Waals surface area contributed by atoms with Gasteiger partial charge in [-0.25, -0.2) is 4.79 Å². The van der Waals surface area contributed by atoms with Crippen molar-refractivity contribution < 1.29 is 14.3 Å². The highest BCUT2D eigenvalue weighted by Crippen LogP contribution is 2.27. The van der Waals surface area contributed by atoms with Crippen molar-refractivity contribution in [2.45, 2.75) is 104 Å². The van der Waals surface area contributed by atoms with Crippen LogP contribution in [0.3, 0.4) is 0 Å². The molecule has 0 saturated carbocycles. The second kappa shape index (κ2) is 18.5. The number of nitrogens with one attached hydrogen (secondary N) is 2. The molecule has 0 atom stereocenters. The van der Waals surface area contributed by atoms with Crippen LogP contribution in [0.4, 0.5) is 16.2 Å². The van der Waals surface area contributed by atoms with E-state index in [-0.39, 0.29) is 11.8 Å². The van der Waals surface area contributed by atoms with E-state index in [1.54, 1.807) is 18.2 Å². The number of Topliss-reactive ketones (excluding diaryl/α,β-unsaturated/α-hetero) is 1. The summed E-state index contributed by atoms with van der Waals surface area (Å²) >= 11 is 1.83. The van der Waals surface area contributed by atoms with Gasteiger partial charge in [-0.1, -0.05) is 89.7 Å². The van der Waals surface area contributed by atoms with Gasteiger partial charge in [0.2, 0.25) is 0 Å². The van der Waals surface area contributed by atoms with E-state index in [4.69, 9.17) is 4.74 Å². The minimum Gasteiger partial charge on any atom is -0.493 e. The smallest absolute Gasteiger partial charge is 0.323 e. The molecule has 0 aliphatic carbocycles. The third-order valence-corrected chi connectivity index (χ3v) is 8.29. The first-order valence-corrected chi connectivity index (χ1v) is 16.4. The van der Waals surface area contributed by atoms with Crippen LogP contribution in [-0.2, 0) is 6.54 Å². The van der Waals surface area contributed by atoms with Crippen molar-refractivity contribution in [1.82, 2.24) is 4.90 Å². The van der Waals surface area contributed by atoms with Crippen molar-refractivity contribution in [3.05, 3.63) is 64.7 Å². The summed E-state index contributed by atoms with van der Waals surface area (Å²) in [5.41, 5.74) is 2.89. The number of thioether (sulfide) groups is 1. The van der Waals surface area contributed by atoms with Gasteiger partial charge in [-0.2, -0.15) is 0 Å². The number of ketones is 1. The Bertz CT molecular complexity index is 1130. The lowest BCUT2D eigenvalue weighted by Gasteiger charge is -2.15. The number of unbranched alkanes of at least 4 members (excludes halogenated alkanes) is 11. The molecule has 41 heavy (non-hydrogen) atoms. The lowest BCUT2D eigenvalue weighted by Crippen LogP contribution is -2.20. The van der Waals surface area contributed by atoms with Crippen LogP contribution in [0.5, 0.6) is 5.75 Å². The Morgan fingerprint density at radius 2 is 1.49 bits per heavy atom. The van der Waals surface area contributed by atoms with Crippen LogP contribution in [-0.4, -0.2) is 29.2 Å². The number of hydrogen-bond donors (Lipinski definition) is 2. The first-order chi connectivity index (χ1) is 19.9. The molecule has 3 rings (SSSR count). The maximum atomic E-state index is 12.7. The average Bonchev–Trinajstić information content (AvgIpc) is 3.36. The normalized spacial score (nSPS) is 12.8. The van der Waals surface area contributed by atoms with Crippen molar-refractivity contribution in [2.75, 3.05) is 23.1 Å². The van der Waals surface area contributed by atoms with E-state index >= 15 is 0 Å². The van der Waals surface area contributed by atoms with Crippen LogP contribution >= 0.6 is 11.8 Å². The van der Waals surface area contributed by atoms with E-state index in [0.29, 0.717) is 23.6 Å². The Balaban J connectivity index is 1.37. The zero-order valence-corrected chi connectivity index (χ0v) is 26.1. The molecule has 0 unspecified atom stereocenters. The highest BCUT2D eigenvalue weighted by Gasteiger charge is 2.13. The summed E-state index contributed by atoms with van der Waals surface area (Å²) in [5, 5.41) is 5.75. The monoisotopic (exact) mass is 579 g/mol. The minimum absolute atomic E-state index is 0.0872. The number of anilines is 2. The first-order valence-electron chi connectivity index (χ1n) is 15.4. The van der Waals surface area contributed by atoms with Gasteiger partial charge in [0.1, 0.15) is 5.75 Å². The number of ether oxygens (including phenoxy) is 1. The van der Waals surface area contributed by atoms with E-state index in [1.165, 1.54) is 76.0 Å². The van der Waals surface area contributed by atoms with Gasteiger partial charge in [-0.15, -0.1) is 11.8 Å². The molecule has 0 radical (unpaired) electrons. The molecule has 1 heterocycles. The molecular weight excluding hydrogens is 530 g/mol. The number of urea groups is 1. The Morgan fingerprint density at radius 3 is 2.10 bits per heavy atom. The van der Waals surface area contributed by atoms with Crippen molar-refractivity contribution in [2.24, 2.45) is 0 Å².